The summed E-state index contributed by atoms with van der Waals surface area (Å²) in [6, 6.07) is 37.0. The molecular weight excluding hydrogens is 865 g/mol. The Kier molecular flexibility index (Phi) is 8.97. The summed E-state index contributed by atoms with van der Waals surface area (Å²) in [5.74, 6) is -3.93. The van der Waals surface area contributed by atoms with Crippen LogP contribution in [0, 0.1) is 0 Å². The summed E-state index contributed by atoms with van der Waals surface area (Å²) < 4.78 is 13.3. The quantitative estimate of drug-likeness (QED) is 0.0780. The van der Waals surface area contributed by atoms with Crippen molar-refractivity contribution >= 4 is 0 Å². The highest BCUT2D eigenvalue weighted by Gasteiger charge is 2.49. The molecule has 0 aromatic heterocycles. The summed E-state index contributed by atoms with van der Waals surface area (Å²) in [5.41, 5.74) is 7.66. The van der Waals surface area contributed by atoms with E-state index in [1.54, 1.807) is 103 Å². The zero-order valence-electron chi connectivity index (χ0n) is 35.8. The molecule has 0 amide bonds. The molecule has 10 N–H and O–H groups in total. The standard InChI is InChI=1S/C56H42O12/c57-30-8-1-25(2-9-30)48-50(40-20-36(63)24-46-52(40)54(41-19-35(62)22-44(66)51(41)48)56(68-46)27-5-12-32(59)13-6-27)38-16-28(7-14-42(38)64)37-17-29-15-33(60)23-45-47(29)53(39-18-34(61)21-43(65)49(37)39)55(67-45)26-3-10-31(58)11-4-26/h1-16,18-24,37,48,50,53-66H,17H2/t37?,48-,50+,53?,54?,55-,56-/m1/s1. The van der Waals surface area contributed by atoms with E-state index in [0.717, 1.165) is 11.1 Å². The van der Waals surface area contributed by atoms with Crippen molar-refractivity contribution in [1.29, 1.82) is 0 Å². The van der Waals surface area contributed by atoms with E-state index in [4.69, 9.17) is 9.47 Å². The lowest BCUT2D eigenvalue weighted by molar-refractivity contribution is 0.221. The van der Waals surface area contributed by atoms with Gasteiger partial charge < -0.3 is 60.5 Å². The molecule has 0 radical (unpaired) electrons. The number of phenolic OH excluding ortho intramolecular Hbond substituents is 10. The van der Waals surface area contributed by atoms with Gasteiger partial charge in [0.25, 0.3) is 0 Å². The average molecular weight is 907 g/mol. The molecule has 8 aromatic rings. The molecule has 338 valence electrons. The third-order valence-electron chi connectivity index (χ3n) is 14.4. The van der Waals surface area contributed by atoms with Crippen molar-refractivity contribution in [2.45, 2.75) is 48.2 Å². The van der Waals surface area contributed by atoms with Crippen molar-refractivity contribution in [2.24, 2.45) is 0 Å². The zero-order valence-corrected chi connectivity index (χ0v) is 35.8. The fourth-order valence-electron chi connectivity index (χ4n) is 11.7. The minimum absolute atomic E-state index is 0.00380. The molecule has 0 fully saturated rings. The van der Waals surface area contributed by atoms with Crippen molar-refractivity contribution < 1.29 is 60.5 Å². The van der Waals surface area contributed by atoms with Gasteiger partial charge in [-0.3, -0.25) is 0 Å². The molecule has 2 heterocycles. The van der Waals surface area contributed by atoms with Crippen LogP contribution < -0.4 is 9.47 Å². The predicted octanol–water partition coefficient (Wildman–Crippen LogP) is 10.2. The summed E-state index contributed by atoms with van der Waals surface area (Å²) in [4.78, 5) is 0. The lowest BCUT2D eigenvalue weighted by atomic mass is 9.72. The van der Waals surface area contributed by atoms with Crippen LogP contribution in [0.25, 0.3) is 0 Å². The lowest BCUT2D eigenvalue weighted by Gasteiger charge is -2.32. The van der Waals surface area contributed by atoms with Gasteiger partial charge in [-0.25, -0.2) is 0 Å². The molecule has 0 bridgehead atoms. The Morgan fingerprint density at radius 1 is 0.309 bits per heavy atom. The van der Waals surface area contributed by atoms with Gasteiger partial charge in [0.2, 0.25) is 0 Å². The number of fused-ring (bicyclic) bond motifs is 4. The van der Waals surface area contributed by atoms with Crippen molar-refractivity contribution in [1.82, 2.24) is 0 Å². The van der Waals surface area contributed by atoms with Crippen LogP contribution in [0.2, 0.25) is 0 Å². The number of rotatable bonds is 5. The van der Waals surface area contributed by atoms with Gasteiger partial charge in [0.1, 0.15) is 81.2 Å². The highest BCUT2D eigenvalue weighted by atomic mass is 16.5. The average Bonchev–Trinajstić information content (AvgIpc) is 3.79. The molecule has 4 aliphatic rings. The van der Waals surface area contributed by atoms with Gasteiger partial charge in [-0.05, 0) is 118 Å². The van der Waals surface area contributed by atoms with Crippen LogP contribution in [0.4, 0.5) is 0 Å². The van der Waals surface area contributed by atoms with Crippen LogP contribution >= 0.6 is 0 Å². The van der Waals surface area contributed by atoms with Gasteiger partial charge in [0, 0.05) is 69.8 Å². The van der Waals surface area contributed by atoms with E-state index in [-0.39, 0.29) is 63.9 Å². The second-order valence-corrected chi connectivity index (χ2v) is 18.2. The predicted molar refractivity (Wildman–Crippen MR) is 248 cm³/mol. The lowest BCUT2D eigenvalue weighted by Crippen LogP contribution is -2.17. The largest absolute Gasteiger partial charge is 0.508 e. The molecule has 7 atom stereocenters. The molecule has 12 nitrogen and oxygen atoms in total. The Bertz CT molecular complexity index is 3370. The van der Waals surface area contributed by atoms with E-state index in [1.807, 2.05) is 6.07 Å². The monoisotopic (exact) mass is 906 g/mol. The van der Waals surface area contributed by atoms with Crippen LogP contribution in [-0.4, -0.2) is 51.1 Å². The van der Waals surface area contributed by atoms with Gasteiger partial charge in [-0.2, -0.15) is 0 Å². The van der Waals surface area contributed by atoms with Crippen molar-refractivity contribution in [3.05, 3.63) is 212 Å². The molecule has 0 saturated heterocycles. The second-order valence-electron chi connectivity index (χ2n) is 18.2. The second kappa shape index (κ2) is 14.9. The van der Waals surface area contributed by atoms with Gasteiger partial charge in [-0.1, -0.05) is 48.5 Å². The van der Waals surface area contributed by atoms with Crippen LogP contribution in [-0.2, 0) is 6.42 Å². The van der Waals surface area contributed by atoms with E-state index in [1.165, 1.54) is 30.3 Å². The summed E-state index contributed by atoms with van der Waals surface area (Å²) in [6.07, 6.45) is -1.22. The maximum atomic E-state index is 12.3. The summed E-state index contributed by atoms with van der Waals surface area (Å²) in [6.45, 7) is 0. The molecule has 3 unspecified atom stereocenters. The van der Waals surface area contributed by atoms with E-state index >= 15 is 0 Å². The van der Waals surface area contributed by atoms with Crippen LogP contribution in [0.5, 0.6) is 69.0 Å². The smallest absolute Gasteiger partial charge is 0.135 e. The Hall–Kier alpha value is -8.64. The molecule has 0 spiro atoms. The summed E-state index contributed by atoms with van der Waals surface area (Å²) in [7, 11) is 0. The number of hydrogen-bond donors (Lipinski definition) is 10. The molecule has 2 aliphatic heterocycles. The topological polar surface area (TPSA) is 221 Å². The van der Waals surface area contributed by atoms with Gasteiger partial charge >= 0.3 is 0 Å². The van der Waals surface area contributed by atoms with Gasteiger partial charge in [-0.15, -0.1) is 0 Å². The van der Waals surface area contributed by atoms with Gasteiger partial charge in [0.15, 0.2) is 0 Å². The normalized spacial score (nSPS) is 21.6. The Morgan fingerprint density at radius 3 is 1.32 bits per heavy atom. The maximum Gasteiger partial charge on any atom is 0.135 e. The Labute approximate surface area is 388 Å². The van der Waals surface area contributed by atoms with Crippen LogP contribution in [0.1, 0.15) is 114 Å². The van der Waals surface area contributed by atoms with E-state index in [2.05, 4.69) is 0 Å². The molecule has 12 heteroatoms. The number of phenols is 10. The third-order valence-corrected chi connectivity index (χ3v) is 14.4. The molecule has 68 heavy (non-hydrogen) atoms. The minimum Gasteiger partial charge on any atom is -0.508 e. The molecule has 0 saturated carbocycles. The first-order valence-corrected chi connectivity index (χ1v) is 22.2. The first-order valence-electron chi connectivity index (χ1n) is 22.2. The molecule has 12 rings (SSSR count). The Morgan fingerprint density at radius 2 is 0.750 bits per heavy atom. The number of hydrogen-bond acceptors (Lipinski definition) is 12. The third kappa shape index (κ3) is 6.28. The van der Waals surface area contributed by atoms with Crippen molar-refractivity contribution in [3.8, 4) is 69.0 Å². The fourth-order valence-corrected chi connectivity index (χ4v) is 11.7. The molecule has 2 aliphatic carbocycles. The maximum absolute atomic E-state index is 12.3. The van der Waals surface area contributed by atoms with Gasteiger partial charge in [0.05, 0.1) is 11.8 Å². The van der Waals surface area contributed by atoms with Crippen LogP contribution in [0.3, 0.4) is 0 Å². The molecular formula is C56H42O12. The number of aromatic hydroxyl groups is 10. The summed E-state index contributed by atoms with van der Waals surface area (Å²) >= 11 is 0. The zero-order chi connectivity index (χ0) is 46.9. The first-order chi connectivity index (χ1) is 32.8. The highest BCUT2D eigenvalue weighted by Crippen LogP contribution is 2.64. The fraction of sp³-hybridized carbons (Fsp3) is 0.143. The first kappa shape index (κ1) is 40.8. The SMILES string of the molecule is Oc1ccc([C@H]2c3c(O)cc(O)cc3C3c4c(cc(O)cc4[C@@H]2c2cc(C4Cc5cc(O)cc6c5C(c5cc(O)cc(O)c54)[C@@H](c4ccc(O)cc4)O6)ccc2O)O[C@@H]3c2ccc(O)cc2)cc1. The number of benzene rings is 8. The van der Waals surface area contributed by atoms with Crippen molar-refractivity contribution in [3.63, 3.8) is 0 Å². The van der Waals surface area contributed by atoms with Crippen LogP contribution in [0.15, 0.2) is 140 Å². The molecule has 8 aromatic carbocycles. The minimum atomic E-state index is -0.915. The summed E-state index contributed by atoms with van der Waals surface area (Å²) in [5, 5.41) is 113. The van der Waals surface area contributed by atoms with E-state index < -0.39 is 41.8 Å². The van der Waals surface area contributed by atoms with Crippen molar-refractivity contribution in [2.75, 3.05) is 0 Å². The van der Waals surface area contributed by atoms with E-state index in [0.29, 0.717) is 72.7 Å². The van der Waals surface area contributed by atoms with E-state index in [9.17, 15) is 51.1 Å². The Balaban J connectivity index is 1.11. The number of ether oxygens (including phenoxy) is 2. The highest BCUT2D eigenvalue weighted by molar-refractivity contribution is 5.69.